The Morgan fingerprint density at radius 1 is 0.805 bits per heavy atom. The van der Waals surface area contributed by atoms with E-state index < -0.39 is 0 Å². The molecule has 1 unspecified atom stereocenters. The number of fused-ring (bicyclic) bond motifs is 5. The summed E-state index contributed by atoms with van der Waals surface area (Å²) in [7, 11) is 0.750. The average molecular weight is 669 g/mol. The van der Waals surface area contributed by atoms with Crippen LogP contribution in [0, 0.1) is 13.0 Å². The molecule has 4 heteroatoms. The van der Waals surface area contributed by atoms with E-state index in [1.165, 1.54) is 72.0 Å². The van der Waals surface area contributed by atoms with Crippen LogP contribution >= 0.6 is 0 Å². The standard InChI is InChI=1S/C35H27.C2H7Si.2ClH.Zr/c1-3-23-20-33-29(34-22(2)18-19-24-10-4-7-13-27(24)34)15-9-17-31(33)35(23)30-16-8-14-28-26-12-6-5-11-25(26)21-32(28)30;1-3-2;;;/h4-15,17-20,35H,3,21H2,1-2H3;3H,1-2H3;2*1H;/q-1;;;;+3/p-2. The molecule has 0 heterocycles. The van der Waals surface area contributed by atoms with Crippen LogP contribution in [0.3, 0.4) is 0 Å². The molecule has 0 saturated heterocycles. The zero-order valence-corrected chi connectivity index (χ0v) is 29.2. The molecule has 1 atom stereocenters. The Kier molecular flexibility index (Phi) is 11.6. The van der Waals surface area contributed by atoms with Gasteiger partial charge >= 0.3 is 26.2 Å². The molecule has 204 valence electrons. The van der Waals surface area contributed by atoms with Crippen LogP contribution in [0.25, 0.3) is 39.1 Å². The molecule has 7 rings (SSSR count). The van der Waals surface area contributed by atoms with Crippen LogP contribution in [0.2, 0.25) is 13.1 Å². The number of allylic oxidation sites excluding steroid dienone is 1. The van der Waals surface area contributed by atoms with Gasteiger partial charge < -0.3 is 24.8 Å². The minimum absolute atomic E-state index is 0. The Balaban J connectivity index is 0.000000740. The van der Waals surface area contributed by atoms with Crippen molar-refractivity contribution >= 4 is 26.4 Å². The molecule has 2 aliphatic carbocycles. The molecule has 0 aliphatic heterocycles. The molecule has 0 N–H and O–H groups in total. The van der Waals surface area contributed by atoms with Gasteiger partial charge in [0.05, 0.1) is 0 Å². The maximum atomic E-state index is 3.71. The Morgan fingerprint density at radius 2 is 1.51 bits per heavy atom. The summed E-state index contributed by atoms with van der Waals surface area (Å²) in [6.07, 6.45) is 4.52. The van der Waals surface area contributed by atoms with Crippen molar-refractivity contribution in [3.8, 4) is 22.3 Å². The summed E-state index contributed by atoms with van der Waals surface area (Å²) in [5, 5.41) is 2.63. The fraction of sp³-hybridized carbons (Fsp3) is 0.189. The number of hydrogen-bond donors (Lipinski definition) is 0. The summed E-state index contributed by atoms with van der Waals surface area (Å²) in [5.74, 6) is 0.273. The van der Waals surface area contributed by atoms with Crippen molar-refractivity contribution in [3.63, 3.8) is 0 Å². The van der Waals surface area contributed by atoms with Crippen molar-refractivity contribution in [1.82, 2.24) is 0 Å². The third kappa shape index (κ3) is 5.87. The molecule has 0 amide bonds. The van der Waals surface area contributed by atoms with Gasteiger partial charge in [0.2, 0.25) is 0 Å². The van der Waals surface area contributed by atoms with E-state index in [1.807, 2.05) is 0 Å². The zero-order valence-electron chi connectivity index (χ0n) is 24.1. The quantitative estimate of drug-likeness (QED) is 0.200. The largest absolute Gasteiger partial charge is 3.00 e. The summed E-state index contributed by atoms with van der Waals surface area (Å²) in [6.45, 7) is 8.96. The summed E-state index contributed by atoms with van der Waals surface area (Å²) >= 11 is 0. The number of halogens is 2. The maximum Gasteiger partial charge on any atom is 3.00 e. The summed E-state index contributed by atoms with van der Waals surface area (Å²) < 4.78 is 0. The van der Waals surface area contributed by atoms with Crippen molar-refractivity contribution < 1.29 is 51.0 Å². The van der Waals surface area contributed by atoms with E-state index in [-0.39, 0.29) is 56.9 Å². The van der Waals surface area contributed by atoms with Gasteiger partial charge in [0, 0.05) is 15.4 Å². The molecule has 0 nitrogen and oxygen atoms in total. The number of aryl methyl sites for hydroxylation is 1. The monoisotopic (exact) mass is 666 g/mol. The molecule has 0 bridgehead atoms. The predicted molar refractivity (Wildman–Crippen MR) is 167 cm³/mol. The smallest absolute Gasteiger partial charge is 1.00 e. The number of rotatable bonds is 3. The van der Waals surface area contributed by atoms with Crippen LogP contribution in [-0.2, 0) is 32.6 Å². The summed E-state index contributed by atoms with van der Waals surface area (Å²) in [4.78, 5) is 0. The first-order valence-corrected chi connectivity index (χ1v) is 16.1. The minimum Gasteiger partial charge on any atom is -1.00 e. The second kappa shape index (κ2) is 14.3. The van der Waals surface area contributed by atoms with Gasteiger partial charge in [0.25, 0.3) is 0 Å². The van der Waals surface area contributed by atoms with E-state index in [1.54, 1.807) is 0 Å². The van der Waals surface area contributed by atoms with Gasteiger partial charge in [0.1, 0.15) is 0 Å². The van der Waals surface area contributed by atoms with E-state index >= 15 is 0 Å². The second-order valence-corrected chi connectivity index (χ2v) is 11.6. The molecule has 0 fully saturated rings. The minimum atomic E-state index is 0. The van der Waals surface area contributed by atoms with Crippen molar-refractivity contribution in [3.05, 3.63) is 136 Å². The molecule has 0 aromatic heterocycles. The molecule has 5 aromatic carbocycles. The first-order valence-electron chi connectivity index (χ1n) is 13.8. The van der Waals surface area contributed by atoms with Crippen LogP contribution in [0.15, 0.2) is 96.6 Å². The molecule has 0 spiro atoms. The number of benzene rings is 5. The first kappa shape index (κ1) is 33.3. The van der Waals surface area contributed by atoms with Crippen molar-refractivity contribution in [2.75, 3.05) is 0 Å². The molecule has 2 radical (unpaired) electrons. The SMILES string of the molecule is CCC1=Cc2c(-c3c(C)ccc4ccccc34)cccc2C1c1[c-]ccc2c1Cc1ccccc1-2.C[SiH]C.[Cl-].[Cl-].[Zr+3]. The Hall–Kier alpha value is -2.22. The van der Waals surface area contributed by atoms with Gasteiger partial charge in [-0.15, -0.1) is 16.7 Å². The molecular weight excluding hydrogens is 635 g/mol. The van der Waals surface area contributed by atoms with Crippen LogP contribution in [0.5, 0.6) is 0 Å². The molecule has 5 aromatic rings. The van der Waals surface area contributed by atoms with Crippen LogP contribution in [-0.4, -0.2) is 9.52 Å². The van der Waals surface area contributed by atoms with Crippen LogP contribution < -0.4 is 24.8 Å². The van der Waals surface area contributed by atoms with Crippen LogP contribution in [0.4, 0.5) is 0 Å². The van der Waals surface area contributed by atoms with Gasteiger partial charge in [-0.1, -0.05) is 111 Å². The van der Waals surface area contributed by atoms with Gasteiger partial charge in [-0.25, -0.2) is 0 Å². The Labute approximate surface area is 279 Å². The third-order valence-corrected chi connectivity index (χ3v) is 8.07. The molecule has 41 heavy (non-hydrogen) atoms. The molecular formula is C37H34Cl2SiZr. The van der Waals surface area contributed by atoms with E-state index in [0.717, 1.165) is 22.4 Å². The van der Waals surface area contributed by atoms with Gasteiger partial charge in [-0.05, 0) is 69.5 Å². The van der Waals surface area contributed by atoms with E-state index in [2.05, 4.69) is 130 Å². The van der Waals surface area contributed by atoms with Gasteiger partial charge in [-0.3, -0.25) is 0 Å². The van der Waals surface area contributed by atoms with Crippen molar-refractivity contribution in [2.24, 2.45) is 0 Å². The second-order valence-electron chi connectivity index (χ2n) is 10.5. The van der Waals surface area contributed by atoms with Crippen molar-refractivity contribution in [2.45, 2.75) is 45.7 Å². The maximum absolute atomic E-state index is 3.71. The van der Waals surface area contributed by atoms with Gasteiger partial charge in [0.15, 0.2) is 0 Å². The third-order valence-electron chi connectivity index (χ3n) is 8.07. The summed E-state index contributed by atoms with van der Waals surface area (Å²) in [6, 6.07) is 37.2. The fourth-order valence-corrected chi connectivity index (χ4v) is 6.44. The van der Waals surface area contributed by atoms with Crippen LogP contribution in [0.1, 0.15) is 52.6 Å². The predicted octanol–water partition coefficient (Wildman–Crippen LogP) is 3.65. The Bertz CT molecular complexity index is 1710. The van der Waals surface area contributed by atoms with Crippen molar-refractivity contribution in [1.29, 1.82) is 0 Å². The van der Waals surface area contributed by atoms with E-state index in [9.17, 15) is 0 Å². The average Bonchev–Trinajstić information content (AvgIpc) is 3.52. The fourth-order valence-electron chi connectivity index (χ4n) is 6.44. The topological polar surface area (TPSA) is 0 Å². The first-order chi connectivity index (χ1) is 18.7. The number of hydrogen-bond acceptors (Lipinski definition) is 0. The molecule has 0 saturated carbocycles. The van der Waals surface area contributed by atoms with Gasteiger partial charge in [-0.2, -0.15) is 18.2 Å². The van der Waals surface area contributed by atoms with E-state index in [0.29, 0.717) is 0 Å². The normalized spacial score (nSPS) is 13.8. The van der Waals surface area contributed by atoms with E-state index in [4.69, 9.17) is 0 Å². The Morgan fingerprint density at radius 3 is 2.29 bits per heavy atom. The molecule has 2 aliphatic rings. The summed E-state index contributed by atoms with van der Waals surface area (Å²) in [5.41, 5.74) is 15.4. The zero-order chi connectivity index (χ0) is 26.2.